The van der Waals surface area contributed by atoms with Gasteiger partial charge in [-0.1, -0.05) is 21.1 Å². The number of fused-ring (bicyclic) bond motifs is 1. The minimum absolute atomic E-state index is 0.150. The van der Waals surface area contributed by atoms with Crippen molar-refractivity contribution in [3.05, 3.63) is 22.7 Å². The summed E-state index contributed by atoms with van der Waals surface area (Å²) < 4.78 is 6.29. The summed E-state index contributed by atoms with van der Waals surface area (Å²) in [4.78, 5) is 12.9. The number of aromatic nitrogens is 1. The molecule has 4 bridgehead atoms. The lowest BCUT2D eigenvalue weighted by molar-refractivity contribution is -0.132. The van der Waals surface area contributed by atoms with E-state index in [0.717, 1.165) is 21.7 Å². The van der Waals surface area contributed by atoms with Gasteiger partial charge in [-0.3, -0.25) is 4.79 Å². The van der Waals surface area contributed by atoms with Crippen LogP contribution in [0.25, 0.3) is 11.0 Å². The Morgan fingerprint density at radius 3 is 2.52 bits per heavy atom. The molecular weight excluding hydrogens is 356 g/mol. The van der Waals surface area contributed by atoms with Gasteiger partial charge >= 0.3 is 0 Å². The number of hydrogen-bond acceptors (Lipinski definition) is 3. The zero-order valence-electron chi connectivity index (χ0n) is 12.8. The molecule has 4 nitrogen and oxygen atoms in total. The number of amides is 1. The fourth-order valence-corrected chi connectivity index (χ4v) is 5.89. The predicted octanol–water partition coefficient (Wildman–Crippen LogP) is 4.60. The second kappa shape index (κ2) is 5.07. The number of carbonyl (C=O) groups is 1. The number of nitrogens with zero attached hydrogens (tertiary/aromatic N) is 1. The van der Waals surface area contributed by atoms with E-state index in [-0.39, 0.29) is 11.8 Å². The van der Waals surface area contributed by atoms with E-state index in [1.54, 1.807) is 0 Å². The van der Waals surface area contributed by atoms with Crippen molar-refractivity contribution in [2.24, 2.45) is 29.6 Å². The summed E-state index contributed by atoms with van der Waals surface area (Å²) in [5, 5.41) is 7.98. The Morgan fingerprint density at radius 1 is 1.13 bits per heavy atom. The monoisotopic (exact) mass is 374 g/mol. The van der Waals surface area contributed by atoms with Crippen molar-refractivity contribution in [2.45, 2.75) is 32.1 Å². The SMILES string of the molecule is O=C(Nc1noc2cc(Br)ccc12)C1C2CC3CC(C2)CC1C3. The smallest absolute Gasteiger partial charge is 0.229 e. The molecule has 6 rings (SSSR count). The molecule has 4 aliphatic carbocycles. The first kappa shape index (κ1) is 14.0. The third-order valence-electron chi connectivity index (χ3n) is 6.21. The summed E-state index contributed by atoms with van der Waals surface area (Å²) in [5.74, 6) is 3.81. The zero-order chi connectivity index (χ0) is 15.6. The molecule has 1 aromatic heterocycles. The summed E-state index contributed by atoms with van der Waals surface area (Å²) in [6.07, 6.45) is 6.40. The van der Waals surface area contributed by atoms with Crippen LogP contribution in [0, 0.1) is 29.6 Å². The summed E-state index contributed by atoms with van der Waals surface area (Å²) >= 11 is 3.42. The molecule has 0 unspecified atom stereocenters. The van der Waals surface area contributed by atoms with Gasteiger partial charge in [-0.25, -0.2) is 0 Å². The standard InChI is InChI=1S/C18H19BrN2O2/c19-13-1-2-14-15(8-13)23-21-17(14)20-18(22)16-11-4-9-3-10(6-11)7-12(16)5-9/h1-2,8-12,16H,3-7H2,(H,20,21,22). The Bertz CT molecular complexity index is 756. The molecular formula is C18H19BrN2O2. The number of halogens is 1. The summed E-state index contributed by atoms with van der Waals surface area (Å²) in [7, 11) is 0. The number of hydrogen-bond donors (Lipinski definition) is 1. The molecule has 120 valence electrons. The largest absolute Gasteiger partial charge is 0.354 e. The van der Waals surface area contributed by atoms with Crippen molar-refractivity contribution in [1.29, 1.82) is 0 Å². The van der Waals surface area contributed by atoms with Crippen molar-refractivity contribution < 1.29 is 9.32 Å². The maximum absolute atomic E-state index is 12.9. The van der Waals surface area contributed by atoms with E-state index in [9.17, 15) is 4.79 Å². The molecule has 23 heavy (non-hydrogen) atoms. The van der Waals surface area contributed by atoms with E-state index >= 15 is 0 Å². The van der Waals surface area contributed by atoms with Gasteiger partial charge in [0, 0.05) is 10.4 Å². The van der Waals surface area contributed by atoms with Crippen LogP contribution in [0.15, 0.2) is 27.2 Å². The summed E-state index contributed by atoms with van der Waals surface area (Å²) in [6, 6.07) is 5.75. The van der Waals surface area contributed by atoms with E-state index in [0.29, 0.717) is 23.2 Å². The lowest BCUT2D eigenvalue weighted by Crippen LogP contribution is -2.49. The van der Waals surface area contributed by atoms with Crippen LogP contribution < -0.4 is 5.32 Å². The molecule has 4 fully saturated rings. The van der Waals surface area contributed by atoms with E-state index in [1.165, 1.54) is 32.1 Å². The van der Waals surface area contributed by atoms with Crippen LogP contribution in [0.5, 0.6) is 0 Å². The van der Waals surface area contributed by atoms with E-state index < -0.39 is 0 Å². The number of carbonyl (C=O) groups excluding carboxylic acids is 1. The fourth-order valence-electron chi connectivity index (χ4n) is 5.55. The van der Waals surface area contributed by atoms with Gasteiger partial charge in [0.25, 0.3) is 0 Å². The number of anilines is 1. The van der Waals surface area contributed by atoms with Crippen molar-refractivity contribution in [3.8, 4) is 0 Å². The van der Waals surface area contributed by atoms with Crippen LogP contribution >= 0.6 is 15.9 Å². The topological polar surface area (TPSA) is 55.1 Å². The predicted molar refractivity (Wildman–Crippen MR) is 90.9 cm³/mol. The first-order valence-electron chi connectivity index (χ1n) is 8.53. The Balaban J connectivity index is 1.40. The third-order valence-corrected chi connectivity index (χ3v) is 6.70. The molecule has 2 aromatic rings. The second-order valence-corrected chi connectivity index (χ2v) is 8.53. The van der Waals surface area contributed by atoms with Crippen molar-refractivity contribution in [3.63, 3.8) is 0 Å². The number of rotatable bonds is 2. The zero-order valence-corrected chi connectivity index (χ0v) is 14.4. The normalized spacial score (nSPS) is 34.9. The van der Waals surface area contributed by atoms with Crippen molar-refractivity contribution in [1.82, 2.24) is 5.16 Å². The molecule has 4 saturated carbocycles. The van der Waals surface area contributed by atoms with Gasteiger partial charge in [0.05, 0.1) is 5.39 Å². The van der Waals surface area contributed by atoms with Gasteiger partial charge in [0.1, 0.15) is 0 Å². The minimum Gasteiger partial charge on any atom is -0.354 e. The summed E-state index contributed by atoms with van der Waals surface area (Å²) in [5.41, 5.74) is 0.694. The average molecular weight is 375 g/mol. The molecule has 1 amide bonds. The molecule has 0 aliphatic heterocycles. The van der Waals surface area contributed by atoms with Gasteiger partial charge in [-0.05, 0) is 74.0 Å². The fraction of sp³-hybridized carbons (Fsp3) is 0.556. The van der Waals surface area contributed by atoms with Crippen LogP contribution in [0.3, 0.4) is 0 Å². The second-order valence-electron chi connectivity index (χ2n) is 7.62. The molecule has 0 saturated heterocycles. The van der Waals surface area contributed by atoms with Gasteiger partial charge in [0.15, 0.2) is 11.4 Å². The van der Waals surface area contributed by atoms with Crippen molar-refractivity contribution >= 4 is 38.6 Å². The van der Waals surface area contributed by atoms with E-state index in [2.05, 4.69) is 26.4 Å². The Kier molecular flexibility index (Phi) is 3.09. The Hall–Kier alpha value is -1.36. The highest BCUT2D eigenvalue weighted by atomic mass is 79.9. The van der Waals surface area contributed by atoms with Crippen LogP contribution in [0.2, 0.25) is 0 Å². The first-order chi connectivity index (χ1) is 11.2. The highest BCUT2D eigenvalue weighted by Gasteiger charge is 2.50. The molecule has 1 N–H and O–H groups in total. The number of benzene rings is 1. The van der Waals surface area contributed by atoms with E-state index in [1.807, 2.05) is 18.2 Å². The lowest BCUT2D eigenvalue weighted by Gasteiger charge is -2.53. The lowest BCUT2D eigenvalue weighted by atomic mass is 9.51. The van der Waals surface area contributed by atoms with Gasteiger partial charge in [-0.15, -0.1) is 0 Å². The minimum atomic E-state index is 0.150. The Labute approximate surface area is 143 Å². The third kappa shape index (κ3) is 2.24. The van der Waals surface area contributed by atoms with Gasteiger partial charge in [0.2, 0.25) is 5.91 Å². The van der Waals surface area contributed by atoms with Crippen LogP contribution in [-0.4, -0.2) is 11.1 Å². The van der Waals surface area contributed by atoms with Crippen LogP contribution in [0.1, 0.15) is 32.1 Å². The van der Waals surface area contributed by atoms with E-state index in [4.69, 9.17) is 4.52 Å². The van der Waals surface area contributed by atoms with Crippen LogP contribution in [0.4, 0.5) is 5.82 Å². The molecule has 5 heteroatoms. The molecule has 1 aromatic carbocycles. The van der Waals surface area contributed by atoms with Crippen molar-refractivity contribution in [2.75, 3.05) is 5.32 Å². The maximum Gasteiger partial charge on any atom is 0.229 e. The van der Waals surface area contributed by atoms with Gasteiger partial charge in [-0.2, -0.15) is 0 Å². The number of nitrogens with one attached hydrogen (secondary N) is 1. The maximum atomic E-state index is 12.9. The molecule has 4 aliphatic rings. The van der Waals surface area contributed by atoms with Gasteiger partial charge < -0.3 is 9.84 Å². The highest BCUT2D eigenvalue weighted by molar-refractivity contribution is 9.10. The quantitative estimate of drug-likeness (QED) is 0.835. The highest BCUT2D eigenvalue weighted by Crippen LogP contribution is 2.56. The average Bonchev–Trinajstić information content (AvgIpc) is 2.88. The first-order valence-corrected chi connectivity index (χ1v) is 9.32. The molecule has 0 spiro atoms. The molecule has 0 atom stereocenters. The Morgan fingerprint density at radius 2 is 1.83 bits per heavy atom. The van der Waals surface area contributed by atoms with Crippen LogP contribution in [-0.2, 0) is 4.79 Å². The summed E-state index contributed by atoms with van der Waals surface area (Å²) in [6.45, 7) is 0. The molecule has 0 radical (unpaired) electrons. The molecule has 1 heterocycles.